The smallest absolute Gasteiger partial charge is 0.296 e. The molecule has 1 unspecified atom stereocenters. The molecule has 2 aromatic heterocycles. The SMILES string of the molecule is CCN(CC(C)O)c1ccc2nnc(C)c(=O)n2n1. The first kappa shape index (κ1) is 13.4. The summed E-state index contributed by atoms with van der Waals surface area (Å²) in [6.45, 7) is 6.43. The molecule has 2 heterocycles. The highest BCUT2D eigenvalue weighted by atomic mass is 16.3. The Labute approximate surface area is 110 Å². The van der Waals surface area contributed by atoms with Crippen LogP contribution in [-0.2, 0) is 0 Å². The summed E-state index contributed by atoms with van der Waals surface area (Å²) >= 11 is 0. The fourth-order valence-corrected chi connectivity index (χ4v) is 1.83. The van der Waals surface area contributed by atoms with Gasteiger partial charge in [0.2, 0.25) is 0 Å². The molecule has 0 aliphatic heterocycles. The number of aliphatic hydroxyl groups is 1. The van der Waals surface area contributed by atoms with Crippen molar-refractivity contribution < 1.29 is 5.11 Å². The minimum Gasteiger partial charge on any atom is -0.392 e. The number of nitrogens with zero attached hydrogens (tertiary/aromatic N) is 5. The van der Waals surface area contributed by atoms with Gasteiger partial charge in [0, 0.05) is 13.1 Å². The van der Waals surface area contributed by atoms with Crippen molar-refractivity contribution in [2.24, 2.45) is 0 Å². The highest BCUT2D eigenvalue weighted by Crippen LogP contribution is 2.10. The Bertz CT molecular complexity index is 638. The average molecular weight is 263 g/mol. The number of likely N-dealkylation sites (N-methyl/N-ethyl adjacent to an activating group) is 1. The van der Waals surface area contributed by atoms with Gasteiger partial charge < -0.3 is 10.0 Å². The lowest BCUT2D eigenvalue weighted by Crippen LogP contribution is -2.33. The van der Waals surface area contributed by atoms with Gasteiger partial charge in [-0.15, -0.1) is 15.3 Å². The Kier molecular flexibility index (Phi) is 3.75. The van der Waals surface area contributed by atoms with Gasteiger partial charge in [0.1, 0.15) is 11.5 Å². The average Bonchev–Trinajstić information content (AvgIpc) is 2.40. The summed E-state index contributed by atoms with van der Waals surface area (Å²) in [6, 6.07) is 3.46. The summed E-state index contributed by atoms with van der Waals surface area (Å²) < 4.78 is 1.24. The lowest BCUT2D eigenvalue weighted by molar-refractivity contribution is 0.200. The second-order valence-electron chi connectivity index (χ2n) is 4.44. The summed E-state index contributed by atoms with van der Waals surface area (Å²) in [5.41, 5.74) is 0.438. The highest BCUT2D eigenvalue weighted by molar-refractivity contribution is 5.45. The van der Waals surface area contributed by atoms with Crippen molar-refractivity contribution in [3.63, 3.8) is 0 Å². The van der Waals surface area contributed by atoms with Gasteiger partial charge in [-0.1, -0.05) is 0 Å². The molecule has 0 fully saturated rings. The van der Waals surface area contributed by atoms with Gasteiger partial charge in [-0.05, 0) is 32.9 Å². The van der Waals surface area contributed by atoms with Gasteiger partial charge in [-0.2, -0.15) is 4.52 Å². The molecule has 2 rings (SSSR count). The lowest BCUT2D eigenvalue weighted by Gasteiger charge is -2.23. The van der Waals surface area contributed by atoms with Crippen molar-refractivity contribution in [3.8, 4) is 0 Å². The Morgan fingerprint density at radius 2 is 2.16 bits per heavy atom. The van der Waals surface area contributed by atoms with Crippen molar-refractivity contribution in [1.29, 1.82) is 0 Å². The fraction of sp³-hybridized carbons (Fsp3) is 0.500. The predicted molar refractivity (Wildman–Crippen MR) is 71.4 cm³/mol. The van der Waals surface area contributed by atoms with Gasteiger partial charge >= 0.3 is 0 Å². The third kappa shape index (κ3) is 2.70. The lowest BCUT2D eigenvalue weighted by atomic mass is 10.3. The quantitative estimate of drug-likeness (QED) is 0.836. The van der Waals surface area contributed by atoms with Gasteiger partial charge in [-0.25, -0.2) is 0 Å². The van der Waals surface area contributed by atoms with Crippen LogP contribution >= 0.6 is 0 Å². The van der Waals surface area contributed by atoms with E-state index in [1.54, 1.807) is 26.0 Å². The minimum atomic E-state index is -0.466. The Morgan fingerprint density at radius 1 is 1.42 bits per heavy atom. The molecule has 0 aliphatic carbocycles. The molecule has 7 nitrogen and oxygen atoms in total. The van der Waals surface area contributed by atoms with Crippen LogP contribution in [0.3, 0.4) is 0 Å². The summed E-state index contributed by atoms with van der Waals surface area (Å²) in [6.07, 6.45) is -0.466. The van der Waals surface area contributed by atoms with Gasteiger partial charge in [0.05, 0.1) is 6.10 Å². The Hall–Kier alpha value is -2.02. The monoisotopic (exact) mass is 263 g/mol. The van der Waals surface area contributed by atoms with Crippen LogP contribution in [0.4, 0.5) is 5.82 Å². The Morgan fingerprint density at radius 3 is 2.79 bits per heavy atom. The second-order valence-corrected chi connectivity index (χ2v) is 4.44. The van der Waals surface area contributed by atoms with E-state index in [4.69, 9.17) is 0 Å². The van der Waals surface area contributed by atoms with Crippen LogP contribution in [0, 0.1) is 6.92 Å². The van der Waals surface area contributed by atoms with Crippen LogP contribution < -0.4 is 10.5 Å². The van der Waals surface area contributed by atoms with E-state index in [0.717, 1.165) is 0 Å². The fourth-order valence-electron chi connectivity index (χ4n) is 1.83. The summed E-state index contributed by atoms with van der Waals surface area (Å²) in [7, 11) is 0. The molecule has 2 aromatic rings. The van der Waals surface area contributed by atoms with E-state index in [0.29, 0.717) is 30.2 Å². The number of fused-ring (bicyclic) bond motifs is 1. The van der Waals surface area contributed by atoms with E-state index in [9.17, 15) is 9.90 Å². The maximum Gasteiger partial charge on any atom is 0.296 e. The summed E-state index contributed by atoms with van der Waals surface area (Å²) in [5.74, 6) is 0.630. The number of aryl methyl sites for hydroxylation is 1. The van der Waals surface area contributed by atoms with E-state index in [1.807, 2.05) is 11.8 Å². The first-order chi connectivity index (χ1) is 9.02. The molecule has 0 amide bonds. The topological polar surface area (TPSA) is 83.6 Å². The molecule has 0 saturated carbocycles. The van der Waals surface area contributed by atoms with E-state index in [1.165, 1.54) is 4.52 Å². The van der Waals surface area contributed by atoms with Gasteiger partial charge in [0.15, 0.2) is 5.65 Å². The van der Waals surface area contributed by atoms with E-state index in [2.05, 4.69) is 15.3 Å². The van der Waals surface area contributed by atoms with E-state index >= 15 is 0 Å². The van der Waals surface area contributed by atoms with Crippen LogP contribution in [-0.4, -0.2) is 44.1 Å². The van der Waals surface area contributed by atoms with Crippen molar-refractivity contribution in [1.82, 2.24) is 19.8 Å². The van der Waals surface area contributed by atoms with E-state index in [-0.39, 0.29) is 5.56 Å². The zero-order valence-electron chi connectivity index (χ0n) is 11.2. The molecule has 7 heteroatoms. The maximum atomic E-state index is 11.9. The maximum absolute atomic E-state index is 11.9. The molecule has 0 aromatic carbocycles. The molecule has 0 radical (unpaired) electrons. The largest absolute Gasteiger partial charge is 0.392 e. The molecular formula is C12H17N5O2. The molecule has 0 aliphatic rings. The van der Waals surface area contributed by atoms with Crippen LogP contribution in [0.2, 0.25) is 0 Å². The molecule has 102 valence electrons. The number of rotatable bonds is 4. The number of aliphatic hydroxyl groups excluding tert-OH is 1. The minimum absolute atomic E-state index is 0.278. The number of hydrogen-bond donors (Lipinski definition) is 1. The number of anilines is 1. The first-order valence-electron chi connectivity index (χ1n) is 6.19. The highest BCUT2D eigenvalue weighted by Gasteiger charge is 2.11. The molecule has 0 bridgehead atoms. The first-order valence-corrected chi connectivity index (χ1v) is 6.19. The second kappa shape index (κ2) is 5.31. The summed E-state index contributed by atoms with van der Waals surface area (Å²) in [4.78, 5) is 13.8. The van der Waals surface area contributed by atoms with Crippen LogP contribution in [0.15, 0.2) is 16.9 Å². The molecule has 1 atom stereocenters. The van der Waals surface area contributed by atoms with Crippen molar-refractivity contribution in [3.05, 3.63) is 28.2 Å². The Balaban J connectivity index is 2.50. The van der Waals surface area contributed by atoms with Crippen molar-refractivity contribution in [2.45, 2.75) is 26.9 Å². The van der Waals surface area contributed by atoms with Crippen molar-refractivity contribution >= 4 is 11.5 Å². The zero-order valence-corrected chi connectivity index (χ0v) is 11.2. The zero-order chi connectivity index (χ0) is 14.0. The normalized spacial score (nSPS) is 12.6. The summed E-state index contributed by atoms with van der Waals surface area (Å²) in [5, 5.41) is 21.4. The third-order valence-corrected chi connectivity index (χ3v) is 2.80. The van der Waals surface area contributed by atoms with Gasteiger partial charge in [-0.3, -0.25) is 4.79 Å². The third-order valence-electron chi connectivity index (χ3n) is 2.80. The number of hydrogen-bond acceptors (Lipinski definition) is 6. The van der Waals surface area contributed by atoms with Crippen LogP contribution in [0.5, 0.6) is 0 Å². The molecular weight excluding hydrogens is 246 g/mol. The number of aromatic nitrogens is 4. The van der Waals surface area contributed by atoms with Gasteiger partial charge in [0.25, 0.3) is 5.56 Å². The predicted octanol–water partition coefficient (Wildman–Crippen LogP) is 0.0000200. The molecule has 19 heavy (non-hydrogen) atoms. The molecule has 1 N–H and O–H groups in total. The van der Waals surface area contributed by atoms with Crippen molar-refractivity contribution in [2.75, 3.05) is 18.0 Å². The van der Waals surface area contributed by atoms with Crippen LogP contribution in [0.1, 0.15) is 19.5 Å². The van der Waals surface area contributed by atoms with E-state index < -0.39 is 6.10 Å². The van der Waals surface area contributed by atoms with Crippen LogP contribution in [0.25, 0.3) is 5.65 Å². The standard InChI is InChI=1S/C12H17N5O2/c1-4-16(7-8(2)18)11-6-5-10-14-13-9(3)12(19)17(10)15-11/h5-6,8,18H,4,7H2,1-3H3. The molecule has 0 saturated heterocycles. The molecule has 0 spiro atoms.